The van der Waals surface area contributed by atoms with E-state index in [4.69, 9.17) is 0 Å². The molecular formula is C15H15N3S. The molecule has 0 aliphatic rings. The van der Waals surface area contributed by atoms with Crippen LogP contribution in [-0.4, -0.2) is 9.55 Å². The topological polar surface area (TPSA) is 29.9 Å². The zero-order chi connectivity index (χ0) is 13.1. The first-order valence-electron chi connectivity index (χ1n) is 6.18. The Labute approximate surface area is 116 Å². The van der Waals surface area contributed by atoms with Crippen LogP contribution in [0.2, 0.25) is 0 Å². The lowest BCUT2D eigenvalue weighted by molar-refractivity contribution is 1.05. The Hall–Kier alpha value is -2.07. The van der Waals surface area contributed by atoms with E-state index in [1.54, 1.807) is 17.5 Å². The van der Waals surface area contributed by atoms with Gasteiger partial charge in [0.25, 0.3) is 0 Å². The summed E-state index contributed by atoms with van der Waals surface area (Å²) in [6.45, 7) is 3.02. The predicted molar refractivity (Wildman–Crippen MR) is 79.9 cm³/mol. The van der Waals surface area contributed by atoms with Crippen molar-refractivity contribution >= 4 is 17.0 Å². The van der Waals surface area contributed by atoms with E-state index in [0.29, 0.717) is 0 Å². The number of hydrogen-bond acceptors (Lipinski definition) is 3. The molecule has 3 rings (SSSR count). The largest absolute Gasteiger partial charge is 0.380 e. The van der Waals surface area contributed by atoms with Crippen LogP contribution in [0.4, 0.5) is 5.69 Å². The van der Waals surface area contributed by atoms with E-state index in [9.17, 15) is 0 Å². The van der Waals surface area contributed by atoms with E-state index in [1.165, 1.54) is 10.4 Å². The summed E-state index contributed by atoms with van der Waals surface area (Å²) < 4.78 is 2.00. The van der Waals surface area contributed by atoms with E-state index < -0.39 is 0 Å². The summed E-state index contributed by atoms with van der Waals surface area (Å²) in [7, 11) is 0. The number of thiophene rings is 1. The molecule has 19 heavy (non-hydrogen) atoms. The van der Waals surface area contributed by atoms with Gasteiger partial charge in [-0.25, -0.2) is 4.98 Å². The number of aromatic nitrogens is 2. The summed E-state index contributed by atoms with van der Waals surface area (Å²) in [6, 6.07) is 10.5. The molecule has 1 aromatic carbocycles. The van der Waals surface area contributed by atoms with Crippen molar-refractivity contribution in [2.45, 2.75) is 13.5 Å². The van der Waals surface area contributed by atoms with Crippen molar-refractivity contribution in [3.63, 3.8) is 0 Å². The third kappa shape index (κ3) is 2.69. The molecule has 0 aliphatic carbocycles. The van der Waals surface area contributed by atoms with Gasteiger partial charge in [-0.15, -0.1) is 11.3 Å². The van der Waals surface area contributed by atoms with Crippen molar-refractivity contribution in [3.8, 4) is 5.69 Å². The standard InChI is InChI=1S/C15H15N3S/c1-12-5-8-19-15(12)10-17-13-3-2-4-14(9-13)18-7-6-16-11-18/h2-9,11,17H,10H2,1H3. The minimum absolute atomic E-state index is 0.872. The summed E-state index contributed by atoms with van der Waals surface area (Å²) in [5, 5.41) is 5.60. The van der Waals surface area contributed by atoms with Gasteiger partial charge in [0.1, 0.15) is 0 Å². The average Bonchev–Trinajstić information content (AvgIpc) is 3.08. The molecule has 1 N–H and O–H groups in total. The second kappa shape index (κ2) is 5.28. The van der Waals surface area contributed by atoms with Crippen molar-refractivity contribution in [1.82, 2.24) is 9.55 Å². The summed E-state index contributed by atoms with van der Waals surface area (Å²) in [4.78, 5) is 5.45. The van der Waals surface area contributed by atoms with Crippen molar-refractivity contribution in [2.75, 3.05) is 5.32 Å². The highest BCUT2D eigenvalue weighted by molar-refractivity contribution is 7.10. The smallest absolute Gasteiger partial charge is 0.0991 e. The van der Waals surface area contributed by atoms with Gasteiger partial charge in [0.05, 0.1) is 6.33 Å². The van der Waals surface area contributed by atoms with Crippen LogP contribution in [0.1, 0.15) is 10.4 Å². The highest BCUT2D eigenvalue weighted by atomic mass is 32.1. The second-order valence-electron chi connectivity index (χ2n) is 4.40. The van der Waals surface area contributed by atoms with Crippen molar-refractivity contribution in [3.05, 3.63) is 64.9 Å². The highest BCUT2D eigenvalue weighted by Crippen LogP contribution is 2.19. The minimum atomic E-state index is 0.872. The summed E-state index contributed by atoms with van der Waals surface area (Å²) in [5.74, 6) is 0. The quantitative estimate of drug-likeness (QED) is 0.779. The van der Waals surface area contributed by atoms with Crippen molar-refractivity contribution < 1.29 is 0 Å². The number of nitrogens with zero attached hydrogens (tertiary/aromatic N) is 2. The minimum Gasteiger partial charge on any atom is -0.380 e. The monoisotopic (exact) mass is 269 g/mol. The Morgan fingerprint density at radius 2 is 2.26 bits per heavy atom. The molecule has 2 aromatic heterocycles. The number of benzene rings is 1. The average molecular weight is 269 g/mol. The van der Waals surface area contributed by atoms with E-state index in [-0.39, 0.29) is 0 Å². The lowest BCUT2D eigenvalue weighted by Gasteiger charge is -2.08. The molecule has 2 heterocycles. The van der Waals surface area contributed by atoms with Crippen LogP contribution in [0, 0.1) is 6.92 Å². The first-order chi connectivity index (χ1) is 9.33. The maximum atomic E-state index is 4.07. The Morgan fingerprint density at radius 3 is 3.00 bits per heavy atom. The first kappa shape index (κ1) is 12.0. The molecule has 0 atom stereocenters. The molecule has 0 amide bonds. The van der Waals surface area contributed by atoms with Crippen LogP contribution in [0.15, 0.2) is 54.4 Å². The number of aryl methyl sites for hydroxylation is 1. The Bertz CT molecular complexity index is 656. The van der Waals surface area contributed by atoms with Gasteiger partial charge in [-0.3, -0.25) is 0 Å². The van der Waals surface area contributed by atoms with Gasteiger partial charge < -0.3 is 9.88 Å². The fourth-order valence-corrected chi connectivity index (χ4v) is 2.80. The third-order valence-electron chi connectivity index (χ3n) is 3.07. The van der Waals surface area contributed by atoms with Gasteiger partial charge in [0.2, 0.25) is 0 Å². The highest BCUT2D eigenvalue weighted by Gasteiger charge is 2.01. The van der Waals surface area contributed by atoms with Gasteiger partial charge >= 0.3 is 0 Å². The zero-order valence-corrected chi connectivity index (χ0v) is 11.5. The summed E-state index contributed by atoms with van der Waals surface area (Å²) >= 11 is 1.79. The van der Waals surface area contributed by atoms with Crippen LogP contribution in [0.5, 0.6) is 0 Å². The summed E-state index contributed by atoms with van der Waals surface area (Å²) in [6.07, 6.45) is 5.54. The molecule has 96 valence electrons. The van der Waals surface area contributed by atoms with Crippen LogP contribution in [0.3, 0.4) is 0 Å². The van der Waals surface area contributed by atoms with Gasteiger partial charge in [0.15, 0.2) is 0 Å². The zero-order valence-electron chi connectivity index (χ0n) is 10.7. The fourth-order valence-electron chi connectivity index (χ4n) is 1.96. The van der Waals surface area contributed by atoms with E-state index in [1.807, 2.05) is 17.1 Å². The van der Waals surface area contributed by atoms with Gasteiger partial charge in [-0.2, -0.15) is 0 Å². The number of imidazole rings is 1. The number of rotatable bonds is 4. The molecule has 0 radical (unpaired) electrons. The van der Waals surface area contributed by atoms with Crippen LogP contribution in [0.25, 0.3) is 5.69 Å². The SMILES string of the molecule is Cc1ccsc1CNc1cccc(-n2ccnc2)c1. The molecule has 0 saturated heterocycles. The lowest BCUT2D eigenvalue weighted by Crippen LogP contribution is -1.99. The Morgan fingerprint density at radius 1 is 1.32 bits per heavy atom. The Kier molecular flexibility index (Phi) is 3.33. The van der Waals surface area contributed by atoms with Gasteiger partial charge in [0, 0.05) is 35.2 Å². The maximum absolute atomic E-state index is 4.07. The number of hydrogen-bond donors (Lipinski definition) is 1. The van der Waals surface area contributed by atoms with Crippen LogP contribution >= 0.6 is 11.3 Å². The van der Waals surface area contributed by atoms with Crippen molar-refractivity contribution in [2.24, 2.45) is 0 Å². The molecule has 0 fully saturated rings. The van der Waals surface area contributed by atoms with Gasteiger partial charge in [-0.05, 0) is 42.1 Å². The van der Waals surface area contributed by atoms with E-state index in [0.717, 1.165) is 17.9 Å². The fraction of sp³-hybridized carbons (Fsp3) is 0.133. The number of nitrogens with one attached hydrogen (secondary N) is 1. The molecule has 0 spiro atoms. The molecule has 0 bridgehead atoms. The van der Waals surface area contributed by atoms with Crippen LogP contribution < -0.4 is 5.32 Å². The van der Waals surface area contributed by atoms with E-state index >= 15 is 0 Å². The summed E-state index contributed by atoms with van der Waals surface area (Å²) in [5.41, 5.74) is 3.59. The lowest BCUT2D eigenvalue weighted by atomic mass is 10.2. The third-order valence-corrected chi connectivity index (χ3v) is 4.09. The predicted octanol–water partition coefficient (Wildman–Crippen LogP) is 3.85. The Balaban J connectivity index is 1.75. The number of anilines is 1. The van der Waals surface area contributed by atoms with E-state index in [2.05, 4.69) is 52.9 Å². The molecule has 3 nitrogen and oxygen atoms in total. The second-order valence-corrected chi connectivity index (χ2v) is 5.40. The normalized spacial score (nSPS) is 10.6. The van der Waals surface area contributed by atoms with Crippen molar-refractivity contribution in [1.29, 1.82) is 0 Å². The maximum Gasteiger partial charge on any atom is 0.0991 e. The first-order valence-corrected chi connectivity index (χ1v) is 7.06. The molecule has 0 unspecified atom stereocenters. The molecule has 0 aliphatic heterocycles. The molecule has 4 heteroatoms. The van der Waals surface area contributed by atoms with Gasteiger partial charge in [-0.1, -0.05) is 6.07 Å². The molecule has 0 saturated carbocycles. The van der Waals surface area contributed by atoms with Crippen LogP contribution in [-0.2, 0) is 6.54 Å². The molecular weight excluding hydrogens is 254 g/mol. The molecule has 3 aromatic rings.